The number of nitrogen functional groups attached to an aromatic ring is 1. The fourth-order valence-corrected chi connectivity index (χ4v) is 3.80. The third-order valence-electron chi connectivity index (χ3n) is 4.84. The third-order valence-corrected chi connectivity index (χ3v) is 5.56. The van der Waals surface area contributed by atoms with Gasteiger partial charge in [0.1, 0.15) is 23.5 Å². The number of rotatable bonds is 6. The van der Waals surface area contributed by atoms with Gasteiger partial charge in [-0.2, -0.15) is 0 Å². The summed E-state index contributed by atoms with van der Waals surface area (Å²) in [5, 5.41) is 3.22. The number of aromatic nitrogens is 4. The summed E-state index contributed by atoms with van der Waals surface area (Å²) in [6.45, 7) is 1.96. The van der Waals surface area contributed by atoms with Gasteiger partial charge in [0, 0.05) is 5.69 Å². The highest BCUT2D eigenvalue weighted by Crippen LogP contribution is 2.27. The van der Waals surface area contributed by atoms with Gasteiger partial charge in [-0.05, 0) is 42.8 Å². The molecule has 4 rings (SSSR count). The number of aliphatic imine (C=N–C) groups is 1. The molecular weight excluding hydrogens is 433 g/mol. The van der Waals surface area contributed by atoms with Crippen LogP contribution >= 0.6 is 0 Å². The molecule has 4 N–H and O–H groups in total. The zero-order valence-corrected chi connectivity index (χ0v) is 17.8. The van der Waals surface area contributed by atoms with Gasteiger partial charge in [0.2, 0.25) is 0 Å². The number of halogens is 1. The molecule has 0 amide bonds. The van der Waals surface area contributed by atoms with E-state index >= 15 is 0 Å². The molecule has 2 aromatic carbocycles. The zero-order valence-electron chi connectivity index (χ0n) is 17.0. The van der Waals surface area contributed by atoms with Crippen molar-refractivity contribution in [3.8, 4) is 0 Å². The summed E-state index contributed by atoms with van der Waals surface area (Å²) in [4.78, 5) is 17.5. The van der Waals surface area contributed by atoms with Gasteiger partial charge in [0.15, 0.2) is 22.5 Å². The highest BCUT2D eigenvalue weighted by molar-refractivity contribution is 7.79. The lowest BCUT2D eigenvalue weighted by atomic mass is 10.1. The number of imidazole rings is 1. The highest BCUT2D eigenvalue weighted by Gasteiger charge is 2.22. The van der Waals surface area contributed by atoms with Crippen LogP contribution in [0.2, 0.25) is 0 Å². The fraction of sp³-hybridized carbons (Fsp3) is 0.143. The monoisotopic (exact) mass is 453 g/mol. The first kappa shape index (κ1) is 21.5. The van der Waals surface area contributed by atoms with Crippen LogP contribution in [0.3, 0.4) is 0 Å². The van der Waals surface area contributed by atoms with Crippen molar-refractivity contribution in [3.63, 3.8) is 0 Å². The minimum Gasteiger partial charge on any atom is -0.382 e. The van der Waals surface area contributed by atoms with E-state index in [1.807, 2.05) is 6.92 Å². The molecule has 0 aliphatic heterocycles. The van der Waals surface area contributed by atoms with Crippen molar-refractivity contribution < 1.29 is 13.2 Å². The van der Waals surface area contributed by atoms with Crippen molar-refractivity contribution in [2.75, 3.05) is 11.1 Å². The minimum absolute atomic E-state index is 0.169. The van der Waals surface area contributed by atoms with Crippen molar-refractivity contribution in [1.82, 2.24) is 19.5 Å². The molecular formula is C21H20FN7O2S. The van der Waals surface area contributed by atoms with E-state index < -0.39 is 11.1 Å². The van der Waals surface area contributed by atoms with Crippen LogP contribution in [0.4, 0.5) is 21.6 Å². The van der Waals surface area contributed by atoms with E-state index in [1.54, 1.807) is 41.2 Å². The summed E-state index contributed by atoms with van der Waals surface area (Å²) < 4.78 is 36.7. The fourth-order valence-electron chi connectivity index (χ4n) is 3.31. The molecule has 2 atom stereocenters. The Morgan fingerprint density at radius 2 is 1.97 bits per heavy atom. The van der Waals surface area contributed by atoms with Gasteiger partial charge in [-0.15, -0.1) is 0 Å². The molecule has 0 aliphatic carbocycles. The first-order chi connectivity index (χ1) is 15.5. The topological polar surface area (TPSA) is 131 Å². The number of nitrogens with two attached hydrogens (primary N) is 1. The lowest BCUT2D eigenvalue weighted by Gasteiger charge is -2.21. The Balaban J connectivity index is 1.86. The lowest BCUT2D eigenvalue weighted by molar-refractivity contribution is 0.564. The molecule has 0 saturated heterocycles. The smallest absolute Gasteiger partial charge is 0.188 e. The van der Waals surface area contributed by atoms with E-state index in [4.69, 9.17) is 5.73 Å². The normalized spacial score (nSPS) is 13.8. The molecule has 0 radical (unpaired) electrons. The van der Waals surface area contributed by atoms with Crippen molar-refractivity contribution >= 4 is 45.3 Å². The Hall–Kier alpha value is -3.70. The zero-order chi connectivity index (χ0) is 22.7. The van der Waals surface area contributed by atoms with Crippen LogP contribution in [0.5, 0.6) is 0 Å². The molecule has 2 unspecified atom stereocenters. The summed E-state index contributed by atoms with van der Waals surface area (Å²) in [6.07, 6.45) is 3.53. The van der Waals surface area contributed by atoms with E-state index in [-0.39, 0.29) is 22.6 Å². The maximum Gasteiger partial charge on any atom is 0.188 e. The molecule has 32 heavy (non-hydrogen) atoms. The van der Waals surface area contributed by atoms with E-state index in [0.29, 0.717) is 34.8 Å². The Morgan fingerprint density at radius 1 is 1.22 bits per heavy atom. The number of hydrogen-bond donors (Lipinski definition) is 3. The standard InChI is InChI=1S/C21H20FN7O2S/c1-2-16(29-12-26-18-19(23)24-11-25-21(18)29)20(27-14-9-7-13(22)8-10-14)28-15-5-3-4-6-17(15)32(30)31/h3-12,16H,2H2,1H3,(H,27,28)(H,30,31)(H2,23,24,25). The molecule has 4 aromatic rings. The van der Waals surface area contributed by atoms with Crippen LogP contribution < -0.4 is 11.1 Å². The van der Waals surface area contributed by atoms with Crippen molar-refractivity contribution in [1.29, 1.82) is 0 Å². The third kappa shape index (κ3) is 4.34. The number of benzene rings is 2. The molecule has 9 nitrogen and oxygen atoms in total. The maximum atomic E-state index is 13.4. The second-order valence-corrected chi connectivity index (χ2v) is 7.79. The number of para-hydroxylation sites is 1. The van der Waals surface area contributed by atoms with Crippen LogP contribution in [0.25, 0.3) is 11.2 Å². The van der Waals surface area contributed by atoms with Crippen molar-refractivity contribution in [2.24, 2.45) is 4.99 Å². The summed E-state index contributed by atoms with van der Waals surface area (Å²) in [5.74, 6) is 0.345. The molecule has 2 heterocycles. The number of nitrogens with one attached hydrogen (secondary N) is 1. The molecule has 0 fully saturated rings. The minimum atomic E-state index is -2.22. The highest BCUT2D eigenvalue weighted by atomic mass is 32.2. The van der Waals surface area contributed by atoms with Crippen LogP contribution in [0, 0.1) is 5.82 Å². The SMILES string of the molecule is CCC(C(=Nc1ccccc1S(=O)O)Nc1ccc(F)cc1)n1cnc2c(N)ncnc21. The molecule has 164 valence electrons. The number of hydrogen-bond acceptors (Lipinski definition) is 6. The van der Waals surface area contributed by atoms with Crippen LogP contribution in [0.15, 0.2) is 71.1 Å². The quantitative estimate of drug-likeness (QED) is 0.229. The van der Waals surface area contributed by atoms with Crippen LogP contribution in [-0.2, 0) is 11.1 Å². The molecule has 0 saturated carbocycles. The molecule has 0 bridgehead atoms. The first-order valence-electron chi connectivity index (χ1n) is 9.72. The van der Waals surface area contributed by atoms with Gasteiger partial charge < -0.3 is 20.2 Å². The predicted octanol–water partition coefficient (Wildman–Crippen LogP) is 3.92. The molecule has 2 aromatic heterocycles. The summed E-state index contributed by atoms with van der Waals surface area (Å²) in [7, 11) is 0. The average Bonchev–Trinajstić information content (AvgIpc) is 3.21. The van der Waals surface area contributed by atoms with Gasteiger partial charge in [-0.1, -0.05) is 19.1 Å². The van der Waals surface area contributed by atoms with E-state index in [9.17, 15) is 13.2 Å². The average molecular weight is 454 g/mol. The number of anilines is 2. The number of fused-ring (bicyclic) bond motifs is 1. The summed E-state index contributed by atoms with van der Waals surface area (Å²) in [5.41, 5.74) is 7.85. The van der Waals surface area contributed by atoms with Gasteiger partial charge in [0.05, 0.1) is 23.0 Å². The Morgan fingerprint density at radius 3 is 2.69 bits per heavy atom. The van der Waals surface area contributed by atoms with Crippen LogP contribution in [0.1, 0.15) is 19.4 Å². The van der Waals surface area contributed by atoms with Crippen LogP contribution in [-0.4, -0.2) is 34.1 Å². The molecule has 11 heteroatoms. The van der Waals surface area contributed by atoms with Gasteiger partial charge in [-0.25, -0.2) is 28.5 Å². The van der Waals surface area contributed by atoms with Crippen molar-refractivity contribution in [3.05, 3.63) is 67.0 Å². The van der Waals surface area contributed by atoms with Crippen molar-refractivity contribution in [2.45, 2.75) is 24.3 Å². The van der Waals surface area contributed by atoms with Gasteiger partial charge in [-0.3, -0.25) is 0 Å². The second kappa shape index (κ2) is 9.20. The maximum absolute atomic E-state index is 13.4. The molecule has 0 spiro atoms. The van der Waals surface area contributed by atoms with E-state index in [2.05, 4.69) is 25.3 Å². The van der Waals surface area contributed by atoms with E-state index in [0.717, 1.165) is 0 Å². The second-order valence-electron chi connectivity index (χ2n) is 6.85. The number of amidine groups is 1. The largest absolute Gasteiger partial charge is 0.382 e. The Bertz CT molecular complexity index is 1310. The lowest BCUT2D eigenvalue weighted by Crippen LogP contribution is -2.26. The van der Waals surface area contributed by atoms with Gasteiger partial charge >= 0.3 is 0 Å². The summed E-state index contributed by atoms with van der Waals surface area (Å²) in [6, 6.07) is 12.0. The first-order valence-corrected chi connectivity index (χ1v) is 10.8. The molecule has 0 aliphatic rings. The Kier molecular flexibility index (Phi) is 6.19. The number of nitrogens with zero attached hydrogens (tertiary/aromatic N) is 5. The Labute approximate surface area is 185 Å². The predicted molar refractivity (Wildman–Crippen MR) is 122 cm³/mol. The van der Waals surface area contributed by atoms with E-state index in [1.165, 1.54) is 24.5 Å². The van der Waals surface area contributed by atoms with Gasteiger partial charge in [0.25, 0.3) is 0 Å². The summed E-state index contributed by atoms with van der Waals surface area (Å²) >= 11 is -2.22.